The number of aliphatic hydroxyl groups is 1. The molecule has 0 saturated carbocycles. The quantitative estimate of drug-likeness (QED) is 0.0189. The highest BCUT2D eigenvalue weighted by Crippen LogP contribution is 2.44. The Balaban J connectivity index is 0.000000237. The fourth-order valence-electron chi connectivity index (χ4n) is 8.77. The zero-order valence-corrected chi connectivity index (χ0v) is 41.4. The molecule has 10 atom stereocenters. The summed E-state index contributed by atoms with van der Waals surface area (Å²) < 4.78 is 51.6. The van der Waals surface area contributed by atoms with Crippen molar-refractivity contribution < 1.29 is 81.4 Å². The third-order valence-corrected chi connectivity index (χ3v) is 13.7. The molecular formula is C50H60N2O19. The molecule has 5 heterocycles. The fraction of sp³-hybridized carbons (Fsp3) is 0.520. The smallest absolute Gasteiger partial charge is 0.506 e. The number of oxime groups is 1. The van der Waals surface area contributed by atoms with Gasteiger partial charge in [-0.25, -0.2) is 19.2 Å². The highest BCUT2D eigenvalue weighted by Gasteiger charge is 2.58. The van der Waals surface area contributed by atoms with Gasteiger partial charge in [-0.2, -0.15) is 5.48 Å². The molecule has 0 radical (unpaired) electrons. The average molecular weight is 993 g/mol. The average Bonchev–Trinajstić information content (AvgIpc) is 3.74. The predicted molar refractivity (Wildman–Crippen MR) is 252 cm³/mol. The van der Waals surface area contributed by atoms with Crippen LogP contribution in [0.5, 0.6) is 23.0 Å². The van der Waals surface area contributed by atoms with E-state index < -0.39 is 89.1 Å². The number of amides is 1. The van der Waals surface area contributed by atoms with Crippen molar-refractivity contribution in [1.29, 1.82) is 0 Å². The number of ketones is 1. The molecule has 0 bridgehead atoms. The first-order valence-corrected chi connectivity index (χ1v) is 23.1. The van der Waals surface area contributed by atoms with Crippen LogP contribution in [0.15, 0.2) is 47.8 Å². The molecule has 4 N–H and O–H groups in total. The zero-order chi connectivity index (χ0) is 52.3. The maximum absolute atomic E-state index is 12.8. The number of fused-ring (bicyclic) bond motifs is 3. The zero-order valence-electron chi connectivity index (χ0n) is 41.4. The minimum Gasteiger partial charge on any atom is -0.506 e. The minimum atomic E-state index is -1.40. The topological polar surface area (TPSA) is 280 Å². The number of Topliss-reactive ketones (excluding diaryl/α,β-unsaturated/α-hetero) is 1. The van der Waals surface area contributed by atoms with Crippen LogP contribution in [0.4, 0.5) is 9.59 Å². The summed E-state index contributed by atoms with van der Waals surface area (Å²) >= 11 is 0. The summed E-state index contributed by atoms with van der Waals surface area (Å²) in [6.07, 6.45) is -0.988. The van der Waals surface area contributed by atoms with Gasteiger partial charge in [-0.3, -0.25) is 9.63 Å². The molecular weight excluding hydrogens is 933 g/mol. The van der Waals surface area contributed by atoms with Crippen LogP contribution in [-0.2, 0) is 33.4 Å². The van der Waals surface area contributed by atoms with E-state index in [1.165, 1.54) is 19.2 Å². The first kappa shape index (κ1) is 53.5. The van der Waals surface area contributed by atoms with E-state index in [0.717, 1.165) is 0 Å². The lowest BCUT2D eigenvalue weighted by molar-refractivity contribution is -0.290. The summed E-state index contributed by atoms with van der Waals surface area (Å²) in [6.45, 7) is 17.8. The van der Waals surface area contributed by atoms with E-state index in [1.807, 2.05) is 34.6 Å². The predicted octanol–water partition coefficient (Wildman–Crippen LogP) is 6.97. The maximum Gasteiger partial charge on any atom is 0.509 e. The van der Waals surface area contributed by atoms with Gasteiger partial charge in [0.05, 0.1) is 27.7 Å². The number of nitrogens with one attached hydrogen (secondary N) is 1. The number of aromatic hydroxyl groups is 2. The van der Waals surface area contributed by atoms with Gasteiger partial charge in [0.25, 0.3) is 0 Å². The normalized spacial score (nSPS) is 27.0. The number of nitrogens with zero attached hydrogens (tertiary/aromatic N) is 1. The SMILES string of the molecule is C#CCONC(=O)O[C@@H]1[C@@H](C)[C@](C)(CC)OC(Oc2ccc3c(O)c(/C(CC)=N/OC)c(=O)oc3c2C)[C@@H]1O.CCC(=O)c1c(O)c2ccc(OC3O[C@@](C)(CC)[C@H](C)[C@H]4OC(=O)O[C@@H]34)c(C)c2oc1=O. The monoisotopic (exact) mass is 992 g/mol. The molecule has 1 amide bonds. The van der Waals surface area contributed by atoms with Gasteiger partial charge in [0.2, 0.25) is 18.7 Å². The molecule has 384 valence electrons. The van der Waals surface area contributed by atoms with Gasteiger partial charge >= 0.3 is 23.5 Å². The number of terminal acetylenes is 1. The van der Waals surface area contributed by atoms with E-state index in [4.69, 9.17) is 58.1 Å². The maximum atomic E-state index is 12.8. The van der Waals surface area contributed by atoms with Gasteiger partial charge in [-0.15, -0.1) is 6.42 Å². The van der Waals surface area contributed by atoms with Crippen LogP contribution >= 0.6 is 0 Å². The van der Waals surface area contributed by atoms with E-state index in [9.17, 15) is 39.3 Å². The third kappa shape index (κ3) is 10.3. The van der Waals surface area contributed by atoms with Crippen molar-refractivity contribution >= 4 is 45.7 Å². The number of aliphatic hydroxyl groups excluding tert-OH is 1. The highest BCUT2D eigenvalue weighted by atomic mass is 16.8. The lowest BCUT2D eigenvalue weighted by atomic mass is 9.79. The van der Waals surface area contributed by atoms with Crippen molar-refractivity contribution in [3.63, 3.8) is 0 Å². The van der Waals surface area contributed by atoms with Gasteiger partial charge in [-0.1, -0.05) is 52.6 Å². The molecule has 3 saturated heterocycles. The van der Waals surface area contributed by atoms with Crippen LogP contribution in [0.25, 0.3) is 21.9 Å². The molecule has 2 unspecified atom stereocenters. The van der Waals surface area contributed by atoms with E-state index in [1.54, 1.807) is 46.8 Å². The van der Waals surface area contributed by atoms with Gasteiger partial charge in [0.15, 0.2) is 18.0 Å². The van der Waals surface area contributed by atoms with Crippen molar-refractivity contribution in [2.24, 2.45) is 17.0 Å². The molecule has 3 fully saturated rings. The van der Waals surface area contributed by atoms with Gasteiger partial charge in [-0.05, 0) is 71.2 Å². The molecule has 2 aromatic heterocycles. The first-order chi connectivity index (χ1) is 33.6. The van der Waals surface area contributed by atoms with Crippen LogP contribution in [0.1, 0.15) is 108 Å². The second-order valence-corrected chi connectivity index (χ2v) is 17.7. The summed E-state index contributed by atoms with van der Waals surface area (Å²) in [7, 11) is 1.34. The molecule has 3 aliphatic heterocycles. The number of ether oxygens (including phenoxy) is 7. The molecule has 7 rings (SSSR count). The Morgan fingerprint density at radius 2 is 1.31 bits per heavy atom. The Hall–Kier alpha value is -6.86. The number of carbonyl (C=O) groups excluding carboxylic acids is 3. The lowest BCUT2D eigenvalue weighted by Gasteiger charge is -2.48. The van der Waals surface area contributed by atoms with Crippen LogP contribution in [0, 0.1) is 38.0 Å². The van der Waals surface area contributed by atoms with E-state index in [-0.39, 0.29) is 69.2 Å². The summed E-state index contributed by atoms with van der Waals surface area (Å²) in [5.74, 6) is 0.964. The molecule has 2 aromatic carbocycles. The first-order valence-electron chi connectivity index (χ1n) is 23.1. The molecule has 21 heteroatoms. The van der Waals surface area contributed by atoms with Crippen LogP contribution < -0.4 is 26.2 Å². The largest absolute Gasteiger partial charge is 0.509 e. The van der Waals surface area contributed by atoms with E-state index in [2.05, 4.69) is 16.6 Å². The molecule has 21 nitrogen and oxygen atoms in total. The third-order valence-electron chi connectivity index (χ3n) is 13.7. The number of carbonyl (C=O) groups is 3. The Labute approximate surface area is 408 Å². The second kappa shape index (κ2) is 21.6. The summed E-state index contributed by atoms with van der Waals surface area (Å²) in [6, 6.07) is 6.14. The van der Waals surface area contributed by atoms with Gasteiger partial charge in [0.1, 0.15) is 65.1 Å². The minimum absolute atomic E-state index is 0.0565. The van der Waals surface area contributed by atoms with Crippen LogP contribution in [0.2, 0.25) is 0 Å². The Kier molecular flexibility index (Phi) is 16.3. The number of aryl methyl sites for hydroxylation is 2. The number of hydrogen-bond acceptors (Lipinski definition) is 20. The number of benzene rings is 2. The number of hydrogen-bond donors (Lipinski definition) is 4. The van der Waals surface area contributed by atoms with E-state index in [0.29, 0.717) is 36.1 Å². The standard InChI is InChI=1S/C27H34N2O10.C23H26O9/c1-8-13-35-29-26(33)38-23-15(5)27(6,10-3)39-25(21(23)31)36-18-12-11-16-20(30)19(17(9-2)28-34-7)24(32)37-22(16)14(18)4;1-6-13(24)15-16(25)12-8-9-14(10(3)17(12)29-20(15)26)28-21-19-18(30-22(27)31-19)11(4)23(5,7-2)32-21/h1,11-12,15,21,23,25,30-31H,9-10,13H2,2-7H3,(H,29,33);8-9,11,18-19,21,25H,6-7H2,1-5H3/b28-17+;/t15-,21-,23-,25?,27+;11-,18-,19-,21?,23+/m11/s1. The van der Waals surface area contributed by atoms with E-state index >= 15 is 0 Å². The number of rotatable bonds is 14. The van der Waals surface area contributed by atoms with Gasteiger partial charge in [0, 0.05) is 29.4 Å². The molecule has 0 aliphatic carbocycles. The van der Waals surface area contributed by atoms with Crippen molar-refractivity contribution in [2.45, 2.75) is 143 Å². The second-order valence-electron chi connectivity index (χ2n) is 17.7. The Morgan fingerprint density at radius 1 is 0.789 bits per heavy atom. The molecule has 0 spiro atoms. The van der Waals surface area contributed by atoms with Crippen molar-refractivity contribution in [3.05, 3.63) is 67.4 Å². The number of hydroxylamine groups is 1. The fourth-order valence-corrected chi connectivity index (χ4v) is 8.77. The Bertz CT molecular complexity index is 2870. The summed E-state index contributed by atoms with van der Waals surface area (Å²) in [4.78, 5) is 70.9. The molecule has 3 aliphatic rings. The molecule has 4 aromatic rings. The lowest BCUT2D eigenvalue weighted by Crippen LogP contribution is -2.62. The van der Waals surface area contributed by atoms with Gasteiger partial charge < -0.3 is 62.1 Å². The van der Waals surface area contributed by atoms with Crippen molar-refractivity contribution in [1.82, 2.24) is 5.48 Å². The van der Waals surface area contributed by atoms with Crippen LogP contribution in [0.3, 0.4) is 0 Å². The van der Waals surface area contributed by atoms with Crippen LogP contribution in [-0.4, -0.2) is 101 Å². The molecule has 71 heavy (non-hydrogen) atoms. The Morgan fingerprint density at radius 3 is 1.85 bits per heavy atom. The van der Waals surface area contributed by atoms with Crippen molar-refractivity contribution in [2.75, 3.05) is 13.7 Å². The summed E-state index contributed by atoms with van der Waals surface area (Å²) in [5, 5.41) is 36.8. The summed E-state index contributed by atoms with van der Waals surface area (Å²) in [5.41, 5.74) is -0.358. The highest BCUT2D eigenvalue weighted by molar-refractivity contribution is 6.06. The van der Waals surface area contributed by atoms with Crippen molar-refractivity contribution in [3.8, 4) is 35.3 Å².